The Kier molecular flexibility index (Phi) is 3.85. The highest BCUT2D eigenvalue weighted by molar-refractivity contribution is 7.07. The molecule has 0 atom stereocenters. The van der Waals surface area contributed by atoms with E-state index in [0.717, 1.165) is 23.5 Å². The maximum absolute atomic E-state index is 13.7. The number of hydrogen-bond acceptors (Lipinski definition) is 5. The highest BCUT2D eigenvalue weighted by Crippen LogP contribution is 2.30. The van der Waals surface area contributed by atoms with Crippen LogP contribution in [0.3, 0.4) is 0 Å². The van der Waals surface area contributed by atoms with Crippen LogP contribution in [0.25, 0.3) is 5.57 Å². The molecule has 1 aromatic heterocycles. The topological polar surface area (TPSA) is 66.7 Å². The first-order valence-corrected chi connectivity index (χ1v) is 9.34. The van der Waals surface area contributed by atoms with Gasteiger partial charge in [0.1, 0.15) is 23.7 Å². The van der Waals surface area contributed by atoms with Gasteiger partial charge in [0.05, 0.1) is 5.57 Å². The molecule has 3 aromatic rings. The Balaban J connectivity index is 1.64. The molecule has 2 aliphatic heterocycles. The Bertz CT molecular complexity index is 1380. The van der Waals surface area contributed by atoms with Crippen molar-refractivity contribution in [2.75, 3.05) is 16.9 Å². The lowest BCUT2D eigenvalue weighted by Crippen LogP contribution is -2.43. The van der Waals surface area contributed by atoms with Gasteiger partial charge in [-0.25, -0.2) is 18.2 Å². The van der Waals surface area contributed by atoms with Crippen molar-refractivity contribution in [1.29, 1.82) is 0 Å². The average molecular weight is 416 g/mol. The van der Waals surface area contributed by atoms with E-state index in [1.54, 1.807) is 4.90 Å². The van der Waals surface area contributed by atoms with Crippen molar-refractivity contribution in [2.24, 2.45) is 4.99 Å². The Morgan fingerprint density at radius 2 is 1.86 bits per heavy atom. The standard InChI is InChI=1S/C19H11F3N4O2S/c20-9-1-4-14-11(5-9)15(17(27)24-14)16-18(28)26-8-25(7-23-19(26)29-16)10-2-3-12(21)13(22)6-10/h1-6H,7-8H2,(H,24,27). The minimum absolute atomic E-state index is 0.0597. The molecule has 5 rings (SSSR count). The summed E-state index contributed by atoms with van der Waals surface area (Å²) < 4.78 is 41.9. The number of amides is 1. The third-order valence-corrected chi connectivity index (χ3v) is 5.89. The van der Waals surface area contributed by atoms with Gasteiger partial charge in [0.2, 0.25) is 0 Å². The molecule has 2 aliphatic rings. The van der Waals surface area contributed by atoms with Crippen molar-refractivity contribution in [3.05, 3.63) is 79.1 Å². The van der Waals surface area contributed by atoms with Gasteiger partial charge in [-0.1, -0.05) is 11.3 Å². The van der Waals surface area contributed by atoms with E-state index in [-0.39, 0.29) is 23.4 Å². The molecule has 2 aromatic carbocycles. The zero-order valence-corrected chi connectivity index (χ0v) is 15.4. The zero-order chi connectivity index (χ0) is 20.3. The predicted molar refractivity (Wildman–Crippen MR) is 101 cm³/mol. The predicted octanol–water partition coefficient (Wildman–Crippen LogP) is 1.53. The van der Waals surface area contributed by atoms with Gasteiger partial charge >= 0.3 is 0 Å². The van der Waals surface area contributed by atoms with Gasteiger partial charge in [-0.3, -0.25) is 14.2 Å². The largest absolute Gasteiger partial charge is 0.333 e. The van der Waals surface area contributed by atoms with Gasteiger partial charge < -0.3 is 10.2 Å². The number of fused-ring (bicyclic) bond motifs is 2. The molecule has 0 saturated heterocycles. The number of carbonyl (C=O) groups is 1. The Labute approximate surface area is 164 Å². The van der Waals surface area contributed by atoms with Gasteiger partial charge in [0.25, 0.3) is 11.5 Å². The number of hydrogen-bond donors (Lipinski definition) is 1. The first kappa shape index (κ1) is 17.7. The normalized spacial score (nSPS) is 16.9. The quantitative estimate of drug-likeness (QED) is 0.655. The number of thiazole rings is 1. The second-order valence-electron chi connectivity index (χ2n) is 6.55. The van der Waals surface area contributed by atoms with Crippen molar-refractivity contribution < 1.29 is 18.0 Å². The fraction of sp³-hybridized carbons (Fsp3) is 0.105. The summed E-state index contributed by atoms with van der Waals surface area (Å²) in [5.74, 6) is -2.97. The average Bonchev–Trinajstić information content (AvgIpc) is 3.19. The van der Waals surface area contributed by atoms with Crippen molar-refractivity contribution in [2.45, 2.75) is 6.67 Å². The molecule has 1 amide bonds. The summed E-state index contributed by atoms with van der Waals surface area (Å²) in [6, 6.07) is 7.31. The molecule has 3 heterocycles. The Hall–Kier alpha value is -3.40. The molecule has 0 unspecified atom stereocenters. The summed E-state index contributed by atoms with van der Waals surface area (Å²) in [5, 5.41) is 2.62. The smallest absolute Gasteiger partial charge is 0.272 e. The summed E-state index contributed by atoms with van der Waals surface area (Å²) >= 11 is 1.04. The number of anilines is 2. The molecule has 146 valence electrons. The van der Waals surface area contributed by atoms with Crippen LogP contribution in [0.5, 0.6) is 0 Å². The van der Waals surface area contributed by atoms with Gasteiger partial charge in [0.15, 0.2) is 16.4 Å². The third kappa shape index (κ3) is 2.75. The maximum atomic E-state index is 13.7. The number of nitrogens with one attached hydrogen (secondary N) is 1. The second-order valence-corrected chi connectivity index (χ2v) is 7.52. The van der Waals surface area contributed by atoms with Gasteiger partial charge in [-0.05, 0) is 30.3 Å². The van der Waals surface area contributed by atoms with Crippen molar-refractivity contribution in [3.63, 3.8) is 0 Å². The van der Waals surface area contributed by atoms with Gasteiger partial charge in [-0.15, -0.1) is 0 Å². The highest BCUT2D eigenvalue weighted by Gasteiger charge is 2.28. The van der Waals surface area contributed by atoms with Crippen LogP contribution in [-0.4, -0.2) is 17.1 Å². The second kappa shape index (κ2) is 6.31. The van der Waals surface area contributed by atoms with Crippen LogP contribution < -0.4 is 25.1 Å². The van der Waals surface area contributed by atoms with E-state index >= 15 is 0 Å². The minimum atomic E-state index is -0.997. The van der Waals surface area contributed by atoms with E-state index < -0.39 is 28.9 Å². The zero-order valence-electron chi connectivity index (χ0n) is 14.6. The number of halogens is 3. The van der Waals surface area contributed by atoms with Crippen molar-refractivity contribution in [3.8, 4) is 0 Å². The van der Waals surface area contributed by atoms with Crippen LogP contribution in [0.1, 0.15) is 5.56 Å². The Morgan fingerprint density at radius 1 is 1.03 bits per heavy atom. The van der Waals surface area contributed by atoms with Crippen LogP contribution in [0.2, 0.25) is 0 Å². The molecule has 0 bridgehead atoms. The molecular weight excluding hydrogens is 405 g/mol. The summed E-state index contributed by atoms with van der Waals surface area (Å²) in [5.41, 5.74) is 0.775. The number of rotatable bonds is 1. The first-order chi connectivity index (χ1) is 13.9. The van der Waals surface area contributed by atoms with Gasteiger partial charge in [-0.2, -0.15) is 0 Å². The molecular formula is C19H11F3N4O2S. The lowest BCUT2D eigenvalue weighted by molar-refractivity contribution is -0.110. The minimum Gasteiger partial charge on any atom is -0.333 e. The maximum Gasteiger partial charge on any atom is 0.272 e. The molecule has 0 spiro atoms. The molecule has 0 saturated carbocycles. The van der Waals surface area contributed by atoms with E-state index in [0.29, 0.717) is 21.7 Å². The van der Waals surface area contributed by atoms with Crippen molar-refractivity contribution >= 4 is 34.2 Å². The highest BCUT2D eigenvalue weighted by atomic mass is 32.1. The molecule has 10 heteroatoms. The van der Waals surface area contributed by atoms with Crippen LogP contribution in [0.4, 0.5) is 24.5 Å². The summed E-state index contributed by atoms with van der Waals surface area (Å²) in [7, 11) is 0. The fourth-order valence-electron chi connectivity index (χ4n) is 3.37. The van der Waals surface area contributed by atoms with E-state index in [4.69, 9.17) is 0 Å². The molecule has 29 heavy (non-hydrogen) atoms. The third-order valence-electron chi connectivity index (χ3n) is 4.77. The van der Waals surface area contributed by atoms with Crippen molar-refractivity contribution in [1.82, 2.24) is 4.57 Å². The monoisotopic (exact) mass is 416 g/mol. The van der Waals surface area contributed by atoms with Crippen LogP contribution in [-0.2, 0) is 11.5 Å². The number of benzene rings is 2. The lowest BCUT2D eigenvalue weighted by atomic mass is 10.1. The summed E-state index contributed by atoms with van der Waals surface area (Å²) in [4.78, 5) is 31.8. The fourth-order valence-corrected chi connectivity index (χ4v) is 4.43. The molecule has 1 N–H and O–H groups in total. The SMILES string of the molecule is O=C1Nc2ccc(F)cc2C1=c1sc2n(c1=O)CN(c1ccc(F)c(F)c1)CN=2. The molecule has 0 radical (unpaired) electrons. The first-order valence-electron chi connectivity index (χ1n) is 8.52. The number of aromatic nitrogens is 1. The lowest BCUT2D eigenvalue weighted by Gasteiger charge is -2.25. The molecule has 0 aliphatic carbocycles. The molecule has 6 nitrogen and oxygen atoms in total. The number of nitrogens with zero attached hydrogens (tertiary/aromatic N) is 3. The van der Waals surface area contributed by atoms with E-state index in [1.165, 1.54) is 28.8 Å². The van der Waals surface area contributed by atoms with Crippen LogP contribution >= 0.6 is 11.3 Å². The Morgan fingerprint density at radius 3 is 2.66 bits per heavy atom. The summed E-state index contributed by atoms with van der Waals surface area (Å²) in [6.45, 7) is 0.196. The summed E-state index contributed by atoms with van der Waals surface area (Å²) in [6.07, 6.45) is 0. The van der Waals surface area contributed by atoms with Crippen LogP contribution in [0, 0.1) is 17.5 Å². The molecule has 0 fully saturated rings. The van der Waals surface area contributed by atoms with E-state index in [9.17, 15) is 22.8 Å². The van der Waals surface area contributed by atoms with E-state index in [1.807, 2.05) is 0 Å². The van der Waals surface area contributed by atoms with Gasteiger partial charge in [0, 0.05) is 23.0 Å². The van der Waals surface area contributed by atoms with E-state index in [2.05, 4.69) is 10.3 Å². The van der Waals surface area contributed by atoms with Crippen LogP contribution in [0.15, 0.2) is 46.2 Å². The number of carbonyl (C=O) groups excluding carboxylic acids is 1.